The maximum absolute atomic E-state index is 3.52. The van der Waals surface area contributed by atoms with Crippen molar-refractivity contribution in [1.29, 1.82) is 0 Å². The molecule has 0 amide bonds. The summed E-state index contributed by atoms with van der Waals surface area (Å²) in [6.07, 6.45) is 1.17. The van der Waals surface area contributed by atoms with Gasteiger partial charge in [0.25, 0.3) is 0 Å². The van der Waals surface area contributed by atoms with Crippen molar-refractivity contribution in [3.8, 4) is 0 Å². The molecule has 0 radical (unpaired) electrons. The first-order chi connectivity index (χ1) is 9.25. The first-order valence-electron chi connectivity index (χ1n) is 6.76. The Morgan fingerprint density at radius 1 is 1.00 bits per heavy atom. The van der Waals surface area contributed by atoms with E-state index in [1.807, 2.05) is 0 Å². The fourth-order valence-electron chi connectivity index (χ4n) is 2.10. The van der Waals surface area contributed by atoms with Crippen LogP contribution in [0.2, 0.25) is 0 Å². The van der Waals surface area contributed by atoms with Crippen molar-refractivity contribution in [2.24, 2.45) is 0 Å². The van der Waals surface area contributed by atoms with Gasteiger partial charge in [0.2, 0.25) is 0 Å². The van der Waals surface area contributed by atoms with Gasteiger partial charge in [0.05, 0.1) is 0 Å². The lowest BCUT2D eigenvalue weighted by atomic mass is 9.98. The highest BCUT2D eigenvalue weighted by molar-refractivity contribution is 14.1. The Morgan fingerprint density at radius 3 is 2.37 bits per heavy atom. The van der Waals surface area contributed by atoms with Crippen molar-refractivity contribution < 1.29 is 0 Å². The third-order valence-electron chi connectivity index (χ3n) is 3.37. The van der Waals surface area contributed by atoms with Crippen LogP contribution in [0, 0.1) is 3.57 Å². The van der Waals surface area contributed by atoms with Gasteiger partial charge in [-0.15, -0.1) is 0 Å². The highest BCUT2D eigenvalue weighted by Gasteiger charge is 2.03. The van der Waals surface area contributed by atoms with Crippen LogP contribution in [0.1, 0.15) is 30.4 Å². The van der Waals surface area contributed by atoms with Gasteiger partial charge in [0.15, 0.2) is 0 Å². The number of nitrogens with one attached hydrogen (secondary N) is 1. The van der Waals surface area contributed by atoms with Crippen molar-refractivity contribution in [3.05, 3.63) is 69.3 Å². The van der Waals surface area contributed by atoms with Crippen molar-refractivity contribution >= 4 is 22.6 Å². The highest BCUT2D eigenvalue weighted by atomic mass is 127. The van der Waals surface area contributed by atoms with Crippen molar-refractivity contribution in [1.82, 2.24) is 5.32 Å². The van der Waals surface area contributed by atoms with Gasteiger partial charge in [0, 0.05) is 10.1 Å². The van der Waals surface area contributed by atoms with Crippen molar-refractivity contribution in [3.63, 3.8) is 0 Å². The summed E-state index contributed by atoms with van der Waals surface area (Å²) in [5, 5.41) is 3.52. The summed E-state index contributed by atoms with van der Waals surface area (Å²) < 4.78 is 1.29. The fraction of sp³-hybridized carbons (Fsp3) is 0.294. The van der Waals surface area contributed by atoms with E-state index in [0.717, 1.165) is 13.1 Å². The molecule has 2 heteroatoms. The van der Waals surface area contributed by atoms with Gasteiger partial charge in [-0.2, -0.15) is 0 Å². The molecule has 1 nitrogen and oxygen atoms in total. The Labute approximate surface area is 129 Å². The van der Waals surface area contributed by atoms with E-state index in [1.165, 1.54) is 21.1 Å². The summed E-state index contributed by atoms with van der Waals surface area (Å²) in [4.78, 5) is 0. The Hall–Kier alpha value is -0.870. The highest BCUT2D eigenvalue weighted by Crippen LogP contribution is 2.17. The third kappa shape index (κ3) is 4.96. The normalized spacial score (nSPS) is 12.3. The molecule has 0 aromatic heterocycles. The van der Waals surface area contributed by atoms with Crippen LogP contribution in [0.3, 0.4) is 0 Å². The molecule has 0 saturated carbocycles. The molecule has 1 atom stereocenters. The van der Waals surface area contributed by atoms with Crippen LogP contribution < -0.4 is 5.32 Å². The smallest absolute Gasteiger partial charge is 0.0205 e. The molecular weight excluding hydrogens is 345 g/mol. The molecule has 2 rings (SSSR count). The van der Waals surface area contributed by atoms with Gasteiger partial charge in [-0.3, -0.25) is 0 Å². The van der Waals surface area contributed by atoms with Gasteiger partial charge in [-0.25, -0.2) is 0 Å². The monoisotopic (exact) mass is 365 g/mol. The molecular formula is C17H20IN. The first-order valence-corrected chi connectivity index (χ1v) is 7.83. The molecule has 0 spiro atoms. The number of hydrogen-bond acceptors (Lipinski definition) is 1. The van der Waals surface area contributed by atoms with E-state index >= 15 is 0 Å². The Kier molecular flexibility index (Phi) is 5.86. The van der Waals surface area contributed by atoms with E-state index in [1.54, 1.807) is 0 Å². The quantitative estimate of drug-likeness (QED) is 0.584. The Balaban J connectivity index is 1.71. The summed E-state index contributed by atoms with van der Waals surface area (Å²) in [7, 11) is 0. The molecule has 2 aromatic carbocycles. The molecule has 0 fully saturated rings. The molecule has 0 bridgehead atoms. The van der Waals surface area contributed by atoms with E-state index in [0.29, 0.717) is 5.92 Å². The summed E-state index contributed by atoms with van der Waals surface area (Å²) >= 11 is 2.34. The zero-order chi connectivity index (χ0) is 13.5. The van der Waals surface area contributed by atoms with Crippen LogP contribution in [-0.2, 0) is 6.54 Å². The van der Waals surface area contributed by atoms with E-state index in [9.17, 15) is 0 Å². The van der Waals surface area contributed by atoms with Crippen LogP contribution >= 0.6 is 22.6 Å². The third-order valence-corrected chi connectivity index (χ3v) is 4.08. The van der Waals surface area contributed by atoms with Crippen LogP contribution in [0.4, 0.5) is 0 Å². The van der Waals surface area contributed by atoms with Gasteiger partial charge < -0.3 is 5.32 Å². The summed E-state index contributed by atoms with van der Waals surface area (Å²) in [5.41, 5.74) is 2.78. The summed E-state index contributed by atoms with van der Waals surface area (Å²) in [6.45, 7) is 4.31. The molecule has 0 heterocycles. The number of benzene rings is 2. The fourth-order valence-corrected chi connectivity index (χ4v) is 2.46. The SMILES string of the molecule is CC(CCNCc1ccc(I)cc1)c1ccccc1. The average Bonchev–Trinajstić information content (AvgIpc) is 2.46. The van der Waals surface area contributed by atoms with Crippen molar-refractivity contribution in [2.75, 3.05) is 6.54 Å². The van der Waals surface area contributed by atoms with E-state index < -0.39 is 0 Å². The summed E-state index contributed by atoms with van der Waals surface area (Å²) in [5.74, 6) is 0.616. The Bertz CT molecular complexity index is 478. The summed E-state index contributed by atoms with van der Waals surface area (Å²) in [6, 6.07) is 19.4. The predicted octanol–water partition coefficient (Wildman–Crippen LogP) is 4.57. The lowest BCUT2D eigenvalue weighted by molar-refractivity contribution is 0.594. The second-order valence-corrected chi connectivity index (χ2v) is 6.15. The maximum Gasteiger partial charge on any atom is 0.0205 e. The molecule has 0 saturated heterocycles. The molecule has 1 unspecified atom stereocenters. The van der Waals surface area contributed by atoms with Gasteiger partial charge >= 0.3 is 0 Å². The van der Waals surface area contributed by atoms with Crippen molar-refractivity contribution in [2.45, 2.75) is 25.8 Å². The van der Waals surface area contributed by atoms with Crippen LogP contribution in [-0.4, -0.2) is 6.54 Å². The average molecular weight is 365 g/mol. The largest absolute Gasteiger partial charge is 0.313 e. The van der Waals surface area contributed by atoms with E-state index in [-0.39, 0.29) is 0 Å². The predicted molar refractivity (Wildman–Crippen MR) is 90.3 cm³/mol. The van der Waals surface area contributed by atoms with Gasteiger partial charge in [-0.05, 0) is 64.7 Å². The Morgan fingerprint density at radius 2 is 1.68 bits per heavy atom. The zero-order valence-electron chi connectivity index (χ0n) is 11.3. The minimum absolute atomic E-state index is 0.616. The number of halogens is 1. The number of hydrogen-bond donors (Lipinski definition) is 1. The second-order valence-electron chi connectivity index (χ2n) is 4.90. The minimum atomic E-state index is 0.616. The zero-order valence-corrected chi connectivity index (χ0v) is 13.4. The van der Waals surface area contributed by atoms with Crippen LogP contribution in [0.15, 0.2) is 54.6 Å². The standard InChI is InChI=1S/C17H20IN/c1-14(16-5-3-2-4-6-16)11-12-19-13-15-7-9-17(18)10-8-15/h2-10,14,19H,11-13H2,1H3. The van der Waals surface area contributed by atoms with Gasteiger partial charge in [0.1, 0.15) is 0 Å². The second kappa shape index (κ2) is 7.65. The van der Waals surface area contributed by atoms with Crippen LogP contribution in [0.25, 0.3) is 0 Å². The van der Waals surface area contributed by atoms with Crippen LogP contribution in [0.5, 0.6) is 0 Å². The molecule has 100 valence electrons. The molecule has 0 aliphatic heterocycles. The van der Waals surface area contributed by atoms with E-state index in [4.69, 9.17) is 0 Å². The lowest BCUT2D eigenvalue weighted by Crippen LogP contribution is -2.16. The van der Waals surface area contributed by atoms with Gasteiger partial charge in [-0.1, -0.05) is 49.4 Å². The topological polar surface area (TPSA) is 12.0 Å². The molecule has 0 aliphatic rings. The number of rotatable bonds is 6. The van der Waals surface area contributed by atoms with E-state index in [2.05, 4.69) is 89.4 Å². The maximum atomic E-state index is 3.52. The lowest BCUT2D eigenvalue weighted by Gasteiger charge is -2.12. The minimum Gasteiger partial charge on any atom is -0.313 e. The molecule has 1 N–H and O–H groups in total. The molecule has 19 heavy (non-hydrogen) atoms. The molecule has 0 aliphatic carbocycles. The molecule has 2 aromatic rings. The first kappa shape index (κ1) is 14.5.